The zero-order valence-corrected chi connectivity index (χ0v) is 14.0. The minimum absolute atomic E-state index is 0.251. The van der Waals surface area contributed by atoms with Gasteiger partial charge in [-0.3, -0.25) is 9.59 Å². The fraction of sp³-hybridized carbons (Fsp3) is 0.263. The summed E-state index contributed by atoms with van der Waals surface area (Å²) in [6.07, 6.45) is 0. The Morgan fingerprint density at radius 3 is 2.52 bits per heavy atom. The van der Waals surface area contributed by atoms with Crippen LogP contribution in [0.25, 0.3) is 0 Å². The Morgan fingerprint density at radius 1 is 1.04 bits per heavy atom. The smallest absolute Gasteiger partial charge is 0.251 e. The van der Waals surface area contributed by atoms with Crippen LogP contribution in [0.2, 0.25) is 0 Å². The molecule has 1 heterocycles. The molecule has 6 nitrogen and oxygen atoms in total. The normalized spacial score (nSPS) is 13.6. The second-order valence-electron chi connectivity index (χ2n) is 5.76. The van der Waals surface area contributed by atoms with Gasteiger partial charge in [-0.05, 0) is 36.8 Å². The van der Waals surface area contributed by atoms with Gasteiger partial charge in [0.1, 0.15) is 19.3 Å². The van der Waals surface area contributed by atoms with Crippen molar-refractivity contribution in [2.24, 2.45) is 0 Å². The van der Waals surface area contributed by atoms with Crippen LogP contribution in [-0.4, -0.2) is 31.1 Å². The van der Waals surface area contributed by atoms with E-state index in [-0.39, 0.29) is 11.8 Å². The fourth-order valence-corrected chi connectivity index (χ4v) is 2.48. The van der Waals surface area contributed by atoms with Gasteiger partial charge in [0.2, 0.25) is 5.91 Å². The number of ether oxygens (including phenoxy) is 2. The highest BCUT2D eigenvalue weighted by Gasteiger charge is 2.17. The number of hydrogen-bond donors (Lipinski definition) is 2. The second-order valence-corrected chi connectivity index (χ2v) is 5.76. The lowest BCUT2D eigenvalue weighted by molar-refractivity contribution is -0.122. The Bertz CT molecular complexity index is 761. The first kappa shape index (κ1) is 16.8. The topological polar surface area (TPSA) is 76.7 Å². The van der Waals surface area contributed by atoms with E-state index < -0.39 is 6.04 Å². The van der Waals surface area contributed by atoms with Crippen LogP contribution in [0.15, 0.2) is 48.5 Å². The summed E-state index contributed by atoms with van der Waals surface area (Å²) < 4.78 is 11.0. The fourth-order valence-electron chi connectivity index (χ4n) is 2.48. The van der Waals surface area contributed by atoms with Gasteiger partial charge in [0.25, 0.3) is 5.91 Å². The molecule has 2 amide bonds. The van der Waals surface area contributed by atoms with Gasteiger partial charge < -0.3 is 20.1 Å². The van der Waals surface area contributed by atoms with Gasteiger partial charge in [-0.15, -0.1) is 0 Å². The summed E-state index contributed by atoms with van der Waals surface area (Å²) in [5, 5.41) is 5.50. The molecular weight excluding hydrogens is 320 g/mol. The van der Waals surface area contributed by atoms with E-state index in [4.69, 9.17) is 9.47 Å². The van der Waals surface area contributed by atoms with Crippen molar-refractivity contribution in [3.8, 4) is 11.5 Å². The van der Waals surface area contributed by atoms with Crippen molar-refractivity contribution in [1.29, 1.82) is 0 Å². The minimum Gasteiger partial charge on any atom is -0.486 e. The third-order valence-corrected chi connectivity index (χ3v) is 3.85. The van der Waals surface area contributed by atoms with Crippen LogP contribution in [0.3, 0.4) is 0 Å². The molecule has 2 N–H and O–H groups in total. The quantitative estimate of drug-likeness (QED) is 0.871. The molecule has 1 unspecified atom stereocenters. The number of hydrogen-bond acceptors (Lipinski definition) is 4. The van der Waals surface area contributed by atoms with Gasteiger partial charge in [0, 0.05) is 12.1 Å². The predicted molar refractivity (Wildman–Crippen MR) is 92.6 cm³/mol. The van der Waals surface area contributed by atoms with Gasteiger partial charge in [-0.2, -0.15) is 0 Å². The van der Waals surface area contributed by atoms with E-state index >= 15 is 0 Å². The van der Waals surface area contributed by atoms with E-state index in [2.05, 4.69) is 10.6 Å². The molecule has 0 aliphatic carbocycles. The Hall–Kier alpha value is -3.02. The molecule has 2 aromatic carbocycles. The van der Waals surface area contributed by atoms with E-state index in [9.17, 15) is 9.59 Å². The average Bonchev–Trinajstić information content (AvgIpc) is 2.66. The minimum atomic E-state index is -0.634. The number of benzene rings is 2. The summed E-state index contributed by atoms with van der Waals surface area (Å²) in [7, 11) is 0. The lowest BCUT2D eigenvalue weighted by atomic mass is 10.1. The highest BCUT2D eigenvalue weighted by atomic mass is 16.6. The maximum absolute atomic E-state index is 12.2. The molecular formula is C19H20N2O4. The molecule has 130 valence electrons. The third kappa shape index (κ3) is 4.29. The largest absolute Gasteiger partial charge is 0.486 e. The second kappa shape index (κ2) is 7.70. The number of carbonyl (C=O) groups is 2. The molecule has 0 spiro atoms. The van der Waals surface area contributed by atoms with Crippen LogP contribution in [0.5, 0.6) is 11.5 Å². The molecule has 1 aliphatic heterocycles. The summed E-state index contributed by atoms with van der Waals surface area (Å²) in [4.78, 5) is 24.3. The van der Waals surface area contributed by atoms with Crippen LogP contribution in [0.1, 0.15) is 22.8 Å². The molecule has 25 heavy (non-hydrogen) atoms. The molecule has 0 bridgehead atoms. The molecule has 0 saturated heterocycles. The van der Waals surface area contributed by atoms with Gasteiger partial charge >= 0.3 is 0 Å². The van der Waals surface area contributed by atoms with Crippen molar-refractivity contribution < 1.29 is 19.1 Å². The number of carbonyl (C=O) groups excluding carboxylic acids is 2. The Balaban J connectivity index is 1.52. The van der Waals surface area contributed by atoms with Gasteiger partial charge in [0.05, 0.1) is 0 Å². The maximum Gasteiger partial charge on any atom is 0.251 e. The standard InChI is InChI=1S/C19H20N2O4/c1-13(21-19(23)15-5-3-2-4-6-15)18(22)20-12-14-7-8-16-17(11-14)25-10-9-24-16/h2-8,11,13H,9-10,12H2,1H3,(H,20,22)(H,21,23). The predicted octanol–water partition coefficient (Wildman–Crippen LogP) is 1.89. The highest BCUT2D eigenvalue weighted by Crippen LogP contribution is 2.30. The molecule has 2 aromatic rings. The van der Waals surface area contributed by atoms with Crippen molar-refractivity contribution in [3.63, 3.8) is 0 Å². The van der Waals surface area contributed by atoms with E-state index in [0.29, 0.717) is 36.8 Å². The molecule has 0 radical (unpaired) electrons. The number of nitrogens with one attached hydrogen (secondary N) is 2. The van der Waals surface area contributed by atoms with E-state index in [1.165, 1.54) is 0 Å². The van der Waals surface area contributed by atoms with Crippen LogP contribution in [0, 0.1) is 0 Å². The Morgan fingerprint density at radius 2 is 1.76 bits per heavy atom. The van der Waals surface area contributed by atoms with Crippen molar-refractivity contribution in [2.75, 3.05) is 13.2 Å². The van der Waals surface area contributed by atoms with Crippen LogP contribution < -0.4 is 20.1 Å². The summed E-state index contributed by atoms with van der Waals surface area (Å²) in [5.74, 6) is 0.870. The molecule has 6 heteroatoms. The van der Waals surface area contributed by atoms with Gasteiger partial charge in [-0.25, -0.2) is 0 Å². The molecule has 0 saturated carbocycles. The zero-order valence-electron chi connectivity index (χ0n) is 14.0. The Kier molecular flexibility index (Phi) is 5.18. The number of rotatable bonds is 5. The van der Waals surface area contributed by atoms with Crippen LogP contribution in [0.4, 0.5) is 0 Å². The molecule has 0 aromatic heterocycles. The van der Waals surface area contributed by atoms with Crippen molar-refractivity contribution in [1.82, 2.24) is 10.6 Å². The van der Waals surface area contributed by atoms with Crippen molar-refractivity contribution >= 4 is 11.8 Å². The highest BCUT2D eigenvalue weighted by molar-refractivity contribution is 5.97. The molecule has 1 aliphatic rings. The van der Waals surface area contributed by atoms with Crippen LogP contribution >= 0.6 is 0 Å². The molecule has 3 rings (SSSR count). The summed E-state index contributed by atoms with van der Waals surface area (Å²) in [6, 6.07) is 13.7. The maximum atomic E-state index is 12.2. The van der Waals surface area contributed by atoms with E-state index in [1.807, 2.05) is 24.3 Å². The first-order valence-corrected chi connectivity index (χ1v) is 8.15. The molecule has 1 atom stereocenters. The summed E-state index contributed by atoms with van der Waals surface area (Å²) >= 11 is 0. The van der Waals surface area contributed by atoms with Gasteiger partial charge in [0.15, 0.2) is 11.5 Å². The van der Waals surface area contributed by atoms with E-state index in [1.54, 1.807) is 31.2 Å². The first-order valence-electron chi connectivity index (χ1n) is 8.15. The summed E-state index contributed by atoms with van der Waals surface area (Å²) in [5.41, 5.74) is 1.42. The van der Waals surface area contributed by atoms with Gasteiger partial charge in [-0.1, -0.05) is 24.3 Å². The third-order valence-electron chi connectivity index (χ3n) is 3.85. The monoisotopic (exact) mass is 340 g/mol. The average molecular weight is 340 g/mol. The lowest BCUT2D eigenvalue weighted by Gasteiger charge is -2.19. The zero-order chi connectivity index (χ0) is 17.6. The molecule has 0 fully saturated rings. The Labute approximate surface area is 146 Å². The van der Waals surface area contributed by atoms with Crippen LogP contribution in [-0.2, 0) is 11.3 Å². The number of fused-ring (bicyclic) bond motifs is 1. The SMILES string of the molecule is CC(NC(=O)c1ccccc1)C(=O)NCc1ccc2c(c1)OCCO2. The number of amides is 2. The summed E-state index contributed by atoms with van der Waals surface area (Å²) in [6.45, 7) is 3.06. The van der Waals surface area contributed by atoms with Crippen molar-refractivity contribution in [2.45, 2.75) is 19.5 Å². The lowest BCUT2D eigenvalue weighted by Crippen LogP contribution is -2.44. The van der Waals surface area contributed by atoms with Crippen molar-refractivity contribution in [3.05, 3.63) is 59.7 Å². The van der Waals surface area contributed by atoms with E-state index in [0.717, 1.165) is 5.56 Å². The first-order chi connectivity index (χ1) is 12.1.